The highest BCUT2D eigenvalue weighted by atomic mass is 15.0. The van der Waals surface area contributed by atoms with Crippen LogP contribution in [0.1, 0.15) is 37.8 Å². The molecular weight excluding hydrogens is 825 g/mol. The Hall–Kier alpha value is -8.47. The fourth-order valence-electron chi connectivity index (χ4n) is 10.1. The molecule has 324 valence electrons. The van der Waals surface area contributed by atoms with E-state index in [4.69, 9.17) is 15.0 Å². The van der Waals surface area contributed by atoms with Crippen LogP contribution >= 0.6 is 0 Å². The number of hydrogen-bond acceptors (Lipinski definition) is 3. The summed E-state index contributed by atoms with van der Waals surface area (Å²) in [5, 5.41) is 3.59. The van der Waals surface area contributed by atoms with Gasteiger partial charge in [0.2, 0.25) is 0 Å². The molecule has 4 nitrogen and oxygen atoms in total. The Kier molecular flexibility index (Phi) is 10.5. The molecule has 0 radical (unpaired) electrons. The Morgan fingerprint density at radius 2 is 1.15 bits per heavy atom. The lowest BCUT2D eigenvalue weighted by Gasteiger charge is -2.14. The van der Waals surface area contributed by atoms with Crippen LogP contribution < -0.4 is 0 Å². The van der Waals surface area contributed by atoms with E-state index in [9.17, 15) is 0 Å². The Bertz CT molecular complexity index is 3710. The number of hydrogen-bond donors (Lipinski definition) is 0. The first kappa shape index (κ1) is 41.0. The molecule has 7 aromatic carbocycles. The van der Waals surface area contributed by atoms with Gasteiger partial charge in [-0.25, -0.2) is 15.0 Å². The van der Waals surface area contributed by atoms with E-state index in [1.165, 1.54) is 66.4 Å². The minimum absolute atomic E-state index is 0.687. The maximum Gasteiger partial charge on any atom is 0.160 e. The first-order chi connectivity index (χ1) is 33.5. The largest absolute Gasteiger partial charge is 0.309 e. The van der Waals surface area contributed by atoms with Gasteiger partial charge in [0.15, 0.2) is 5.82 Å². The first-order valence-electron chi connectivity index (χ1n) is 23.7. The third-order valence-electron chi connectivity index (χ3n) is 13.7. The topological polar surface area (TPSA) is 43.6 Å². The van der Waals surface area contributed by atoms with Gasteiger partial charge in [0.1, 0.15) is 0 Å². The summed E-state index contributed by atoms with van der Waals surface area (Å²) in [6.07, 6.45) is 16.4. The second-order valence-electron chi connectivity index (χ2n) is 17.9. The van der Waals surface area contributed by atoms with Crippen LogP contribution in [0.4, 0.5) is 0 Å². The third kappa shape index (κ3) is 7.60. The summed E-state index contributed by atoms with van der Waals surface area (Å²) in [5.74, 6) is 0.687. The molecule has 0 amide bonds. The van der Waals surface area contributed by atoms with Crippen LogP contribution in [0.5, 0.6) is 0 Å². The molecule has 0 N–H and O–H groups in total. The maximum absolute atomic E-state index is 5.25. The highest BCUT2D eigenvalue weighted by Gasteiger charge is 2.18. The number of rotatable bonds is 8. The van der Waals surface area contributed by atoms with E-state index >= 15 is 0 Å². The summed E-state index contributed by atoms with van der Waals surface area (Å²) in [7, 11) is 0. The molecule has 0 atom stereocenters. The molecule has 2 aliphatic rings. The molecule has 2 aliphatic carbocycles. The Morgan fingerprint density at radius 1 is 0.485 bits per heavy atom. The SMILES string of the molecule is CCC1=C(C2=C(C)CC=CC=C2)C=Cc2ccc(-c3ccc4ccc(-c5ccc(-c6cc(-c7cccc(-n8c9ccccc9c9ccccc98)c7)nc(-c7ccccc7)n6)cc5)nc4c3)cc2C1. The van der Waals surface area contributed by atoms with Crippen molar-refractivity contribution in [1.82, 2.24) is 19.5 Å². The van der Waals surface area contributed by atoms with Crippen LogP contribution in [-0.2, 0) is 6.42 Å². The third-order valence-corrected chi connectivity index (χ3v) is 13.7. The molecule has 3 heterocycles. The average Bonchev–Trinajstić information content (AvgIpc) is 3.47. The zero-order valence-corrected chi connectivity index (χ0v) is 38.2. The fourth-order valence-corrected chi connectivity index (χ4v) is 10.1. The van der Waals surface area contributed by atoms with E-state index in [0.29, 0.717) is 5.82 Å². The van der Waals surface area contributed by atoms with E-state index < -0.39 is 0 Å². The number of fused-ring (bicyclic) bond motifs is 5. The summed E-state index contributed by atoms with van der Waals surface area (Å²) in [6.45, 7) is 4.55. The van der Waals surface area contributed by atoms with Crippen molar-refractivity contribution in [1.29, 1.82) is 0 Å². The van der Waals surface area contributed by atoms with E-state index in [2.05, 4.69) is 219 Å². The lowest BCUT2D eigenvalue weighted by molar-refractivity contribution is 0.986. The van der Waals surface area contributed by atoms with E-state index in [1.54, 1.807) is 0 Å². The molecule has 0 spiro atoms. The van der Waals surface area contributed by atoms with E-state index in [-0.39, 0.29) is 0 Å². The molecule has 68 heavy (non-hydrogen) atoms. The van der Waals surface area contributed by atoms with Crippen molar-refractivity contribution >= 4 is 38.8 Å². The monoisotopic (exact) mass is 872 g/mol. The zero-order chi connectivity index (χ0) is 45.6. The highest BCUT2D eigenvalue weighted by molar-refractivity contribution is 6.09. The number of para-hydroxylation sites is 2. The Morgan fingerprint density at radius 3 is 1.93 bits per heavy atom. The lowest BCUT2D eigenvalue weighted by Crippen LogP contribution is -1.98. The molecule has 0 saturated heterocycles. The van der Waals surface area contributed by atoms with Gasteiger partial charge in [-0.1, -0.05) is 194 Å². The van der Waals surface area contributed by atoms with Gasteiger partial charge in [0, 0.05) is 44.1 Å². The first-order valence-corrected chi connectivity index (χ1v) is 23.7. The van der Waals surface area contributed by atoms with Crippen LogP contribution in [0.25, 0.3) is 101 Å². The number of aromatic nitrogens is 4. The molecule has 0 aliphatic heterocycles. The molecule has 0 saturated carbocycles. The Balaban J connectivity index is 0.862. The fraction of sp³-hybridized carbons (Fsp3) is 0.0781. The van der Waals surface area contributed by atoms with Gasteiger partial charge < -0.3 is 4.57 Å². The quantitative estimate of drug-likeness (QED) is 0.153. The van der Waals surface area contributed by atoms with Crippen molar-refractivity contribution in [3.05, 3.63) is 246 Å². The molecule has 0 fully saturated rings. The van der Waals surface area contributed by atoms with Gasteiger partial charge in [-0.3, -0.25) is 0 Å². The van der Waals surface area contributed by atoms with Gasteiger partial charge in [0.05, 0.1) is 33.6 Å². The van der Waals surface area contributed by atoms with Crippen molar-refractivity contribution in [2.75, 3.05) is 0 Å². The summed E-state index contributed by atoms with van der Waals surface area (Å²) in [6, 6.07) is 64.8. The molecule has 0 bridgehead atoms. The van der Waals surface area contributed by atoms with Crippen LogP contribution in [0, 0.1) is 0 Å². The zero-order valence-electron chi connectivity index (χ0n) is 38.2. The molecule has 4 heteroatoms. The second kappa shape index (κ2) is 17.4. The summed E-state index contributed by atoms with van der Waals surface area (Å²) >= 11 is 0. The predicted molar refractivity (Wildman–Crippen MR) is 285 cm³/mol. The van der Waals surface area contributed by atoms with Gasteiger partial charge in [-0.05, 0) is 102 Å². The summed E-state index contributed by atoms with van der Waals surface area (Å²) in [4.78, 5) is 15.6. The minimum Gasteiger partial charge on any atom is -0.309 e. The summed E-state index contributed by atoms with van der Waals surface area (Å²) < 4.78 is 2.35. The minimum atomic E-state index is 0.687. The van der Waals surface area contributed by atoms with Crippen molar-refractivity contribution in [2.24, 2.45) is 0 Å². The molecular formula is C64H48N4. The van der Waals surface area contributed by atoms with Crippen LogP contribution in [0.15, 0.2) is 235 Å². The highest BCUT2D eigenvalue weighted by Crippen LogP contribution is 2.37. The van der Waals surface area contributed by atoms with Gasteiger partial charge in [0.25, 0.3) is 0 Å². The van der Waals surface area contributed by atoms with Crippen LogP contribution in [0.3, 0.4) is 0 Å². The van der Waals surface area contributed by atoms with E-state index in [0.717, 1.165) is 75.2 Å². The standard InChI is InChI=1S/C64H48N4/c1-3-43-37-52-38-49(31-25-44(52)33-35-55(43)54-20-9-4-6-15-42(54)2)50-32-30-47-34-36-58(65-59(47)40-50)45-26-28-46(29-27-45)60-41-61(67-64(66-60)48-16-7-5-8-17-48)51-18-14-19-53(39-51)68-62-23-12-10-21-56(62)57-22-11-13-24-63(57)68/h4-14,16-36,38-41H,3,15,37H2,1-2H3. The predicted octanol–water partition coefficient (Wildman–Crippen LogP) is 16.6. The molecule has 3 aromatic heterocycles. The van der Waals surface area contributed by atoms with Crippen molar-refractivity contribution < 1.29 is 0 Å². The number of pyridine rings is 1. The molecule has 12 rings (SSSR count). The molecule has 10 aromatic rings. The van der Waals surface area contributed by atoms with Crippen molar-refractivity contribution in [2.45, 2.75) is 33.1 Å². The average molecular weight is 873 g/mol. The normalized spacial score (nSPS) is 13.7. The number of benzene rings is 7. The second-order valence-corrected chi connectivity index (χ2v) is 17.9. The Labute approximate surface area is 397 Å². The molecule has 0 unspecified atom stereocenters. The van der Waals surface area contributed by atoms with Crippen molar-refractivity contribution in [3.8, 4) is 62.0 Å². The van der Waals surface area contributed by atoms with Crippen molar-refractivity contribution in [3.63, 3.8) is 0 Å². The van der Waals surface area contributed by atoms with Gasteiger partial charge >= 0.3 is 0 Å². The summed E-state index contributed by atoms with van der Waals surface area (Å²) in [5.41, 5.74) is 21.8. The smallest absolute Gasteiger partial charge is 0.160 e. The van der Waals surface area contributed by atoms with Gasteiger partial charge in [-0.2, -0.15) is 0 Å². The maximum atomic E-state index is 5.25. The lowest BCUT2D eigenvalue weighted by atomic mass is 9.90. The number of allylic oxidation sites excluding steroid dienone is 9. The van der Waals surface area contributed by atoms with Crippen LogP contribution in [-0.4, -0.2) is 19.5 Å². The number of nitrogens with zero attached hydrogens (tertiary/aromatic N) is 4. The van der Waals surface area contributed by atoms with Crippen LogP contribution in [0.2, 0.25) is 0 Å². The van der Waals surface area contributed by atoms with E-state index in [1.807, 2.05) is 18.2 Å². The van der Waals surface area contributed by atoms with Gasteiger partial charge in [-0.15, -0.1) is 0 Å².